The van der Waals surface area contributed by atoms with Gasteiger partial charge in [0, 0.05) is 10.6 Å². The van der Waals surface area contributed by atoms with E-state index in [1.54, 1.807) is 6.07 Å². The second kappa shape index (κ2) is 5.01. The van der Waals surface area contributed by atoms with E-state index >= 15 is 0 Å². The molecule has 0 amide bonds. The molecular formula is C14H10Cl2O2. The molecule has 4 heteroatoms. The molecule has 92 valence electrons. The zero-order chi connectivity index (χ0) is 13.3. The summed E-state index contributed by atoms with van der Waals surface area (Å²) in [5.74, 6) is -1.09. The molecule has 0 saturated carbocycles. The van der Waals surface area contributed by atoms with Crippen LogP contribution >= 0.6 is 23.2 Å². The standard InChI is InChI=1S/C14H10Cl2O2/c1-8-2-4-9(5-3-8)10-6-13(16)11(14(17)18)7-12(10)15/h2-7H,1H3,(H,17,18). The SMILES string of the molecule is Cc1ccc(-c2cc(Cl)c(C(=O)O)cc2Cl)cc1. The van der Waals surface area contributed by atoms with E-state index in [0.29, 0.717) is 5.02 Å². The molecule has 0 fully saturated rings. The van der Waals surface area contributed by atoms with E-state index in [9.17, 15) is 4.79 Å². The number of benzene rings is 2. The summed E-state index contributed by atoms with van der Waals surface area (Å²) in [7, 11) is 0. The van der Waals surface area contributed by atoms with Gasteiger partial charge in [-0.2, -0.15) is 0 Å². The van der Waals surface area contributed by atoms with Crippen molar-refractivity contribution < 1.29 is 9.90 Å². The molecule has 0 saturated heterocycles. The third kappa shape index (κ3) is 2.50. The lowest BCUT2D eigenvalue weighted by Crippen LogP contribution is -1.98. The van der Waals surface area contributed by atoms with Gasteiger partial charge < -0.3 is 5.11 Å². The number of hydrogen-bond acceptors (Lipinski definition) is 1. The zero-order valence-electron chi connectivity index (χ0n) is 9.58. The molecule has 0 heterocycles. The van der Waals surface area contributed by atoms with Crippen LogP contribution in [-0.4, -0.2) is 11.1 Å². The lowest BCUT2D eigenvalue weighted by molar-refractivity contribution is 0.0697. The minimum Gasteiger partial charge on any atom is -0.478 e. The molecule has 2 aromatic rings. The lowest BCUT2D eigenvalue weighted by atomic mass is 10.0. The molecule has 0 aromatic heterocycles. The van der Waals surface area contributed by atoms with Gasteiger partial charge in [0.2, 0.25) is 0 Å². The monoisotopic (exact) mass is 280 g/mol. The summed E-state index contributed by atoms with van der Waals surface area (Å²) in [5.41, 5.74) is 2.79. The molecule has 0 atom stereocenters. The molecule has 2 aromatic carbocycles. The van der Waals surface area contributed by atoms with Crippen molar-refractivity contribution in [3.8, 4) is 11.1 Å². The summed E-state index contributed by atoms with van der Waals surface area (Å²) >= 11 is 12.0. The molecular weight excluding hydrogens is 271 g/mol. The fraction of sp³-hybridized carbons (Fsp3) is 0.0714. The quantitative estimate of drug-likeness (QED) is 0.868. The smallest absolute Gasteiger partial charge is 0.337 e. The Balaban J connectivity index is 2.56. The molecule has 0 aliphatic carbocycles. The molecule has 0 radical (unpaired) electrons. The normalized spacial score (nSPS) is 10.4. The van der Waals surface area contributed by atoms with Crippen molar-refractivity contribution in [1.29, 1.82) is 0 Å². The Morgan fingerprint density at radius 1 is 1.06 bits per heavy atom. The van der Waals surface area contributed by atoms with Crippen molar-refractivity contribution >= 4 is 29.2 Å². The van der Waals surface area contributed by atoms with Crippen LogP contribution in [0.2, 0.25) is 10.0 Å². The first-order valence-electron chi connectivity index (χ1n) is 5.28. The first-order chi connectivity index (χ1) is 8.49. The summed E-state index contributed by atoms with van der Waals surface area (Å²) in [6.45, 7) is 1.99. The van der Waals surface area contributed by atoms with Crippen molar-refractivity contribution in [2.45, 2.75) is 6.92 Å². The summed E-state index contributed by atoms with van der Waals surface area (Å²) in [5, 5.41) is 9.50. The molecule has 0 aliphatic heterocycles. The van der Waals surface area contributed by atoms with E-state index < -0.39 is 5.97 Å². The Labute approximate surface area is 115 Å². The van der Waals surface area contributed by atoms with Gasteiger partial charge in [0.05, 0.1) is 10.6 Å². The minimum absolute atomic E-state index is 0.0116. The van der Waals surface area contributed by atoms with Gasteiger partial charge in [-0.25, -0.2) is 4.79 Å². The molecule has 1 N–H and O–H groups in total. The second-order valence-electron chi connectivity index (χ2n) is 3.98. The number of carboxylic acids is 1. The highest BCUT2D eigenvalue weighted by molar-refractivity contribution is 6.37. The number of hydrogen-bond donors (Lipinski definition) is 1. The van der Waals surface area contributed by atoms with Crippen molar-refractivity contribution in [2.75, 3.05) is 0 Å². The summed E-state index contributed by atoms with van der Waals surface area (Å²) in [6.07, 6.45) is 0. The predicted octanol–water partition coefficient (Wildman–Crippen LogP) is 4.67. The average Bonchev–Trinajstić information content (AvgIpc) is 2.32. The molecule has 0 unspecified atom stereocenters. The number of carboxylic acid groups (broad SMARTS) is 1. The third-order valence-corrected chi connectivity index (χ3v) is 3.28. The number of carbonyl (C=O) groups is 1. The highest BCUT2D eigenvalue weighted by atomic mass is 35.5. The van der Waals surface area contributed by atoms with Gasteiger partial charge in [-0.1, -0.05) is 53.0 Å². The maximum atomic E-state index is 10.9. The minimum atomic E-state index is -1.09. The van der Waals surface area contributed by atoms with Gasteiger partial charge in [0.15, 0.2) is 0 Å². The summed E-state index contributed by atoms with van der Waals surface area (Å²) < 4.78 is 0. The van der Waals surface area contributed by atoms with Crippen molar-refractivity contribution in [1.82, 2.24) is 0 Å². The van der Waals surface area contributed by atoms with Gasteiger partial charge in [0.1, 0.15) is 0 Å². The van der Waals surface area contributed by atoms with E-state index in [0.717, 1.165) is 16.7 Å². The first-order valence-corrected chi connectivity index (χ1v) is 6.04. The summed E-state index contributed by atoms with van der Waals surface area (Å²) in [6, 6.07) is 10.7. The molecule has 0 bridgehead atoms. The Morgan fingerprint density at radius 2 is 1.67 bits per heavy atom. The fourth-order valence-electron chi connectivity index (χ4n) is 1.67. The maximum Gasteiger partial charge on any atom is 0.337 e. The zero-order valence-corrected chi connectivity index (χ0v) is 11.1. The molecule has 0 aliphatic rings. The van der Waals surface area contributed by atoms with Crippen LogP contribution in [0.15, 0.2) is 36.4 Å². The molecule has 2 rings (SSSR count). The van der Waals surface area contributed by atoms with Crippen LogP contribution in [0.4, 0.5) is 0 Å². The Hall–Kier alpha value is -1.51. The van der Waals surface area contributed by atoms with E-state index in [1.807, 2.05) is 31.2 Å². The Morgan fingerprint density at radius 3 is 2.22 bits per heavy atom. The van der Waals surface area contributed by atoms with Gasteiger partial charge in [-0.3, -0.25) is 0 Å². The molecule has 0 spiro atoms. The van der Waals surface area contributed by atoms with Crippen LogP contribution in [0.3, 0.4) is 0 Å². The van der Waals surface area contributed by atoms with E-state index in [2.05, 4.69) is 0 Å². The Bertz CT molecular complexity index is 604. The largest absolute Gasteiger partial charge is 0.478 e. The number of halogens is 2. The number of aromatic carboxylic acids is 1. The lowest BCUT2D eigenvalue weighted by Gasteiger charge is -2.08. The fourth-order valence-corrected chi connectivity index (χ4v) is 2.18. The second-order valence-corrected chi connectivity index (χ2v) is 4.80. The van der Waals surface area contributed by atoms with Crippen LogP contribution in [0.5, 0.6) is 0 Å². The first kappa shape index (κ1) is 12.9. The van der Waals surface area contributed by atoms with Gasteiger partial charge in [0.25, 0.3) is 0 Å². The van der Waals surface area contributed by atoms with Crippen molar-refractivity contribution in [3.63, 3.8) is 0 Å². The van der Waals surface area contributed by atoms with Gasteiger partial charge in [-0.05, 0) is 24.6 Å². The average molecular weight is 281 g/mol. The summed E-state index contributed by atoms with van der Waals surface area (Å²) in [4.78, 5) is 10.9. The van der Waals surface area contributed by atoms with Crippen LogP contribution in [0, 0.1) is 6.92 Å². The van der Waals surface area contributed by atoms with Gasteiger partial charge in [-0.15, -0.1) is 0 Å². The van der Waals surface area contributed by atoms with Crippen LogP contribution in [0.25, 0.3) is 11.1 Å². The maximum absolute atomic E-state index is 10.9. The highest BCUT2D eigenvalue weighted by Gasteiger charge is 2.13. The molecule has 18 heavy (non-hydrogen) atoms. The van der Waals surface area contributed by atoms with Crippen LogP contribution < -0.4 is 0 Å². The van der Waals surface area contributed by atoms with E-state index in [-0.39, 0.29) is 10.6 Å². The van der Waals surface area contributed by atoms with Crippen molar-refractivity contribution in [3.05, 3.63) is 57.6 Å². The third-order valence-electron chi connectivity index (χ3n) is 2.65. The van der Waals surface area contributed by atoms with E-state index in [4.69, 9.17) is 28.3 Å². The van der Waals surface area contributed by atoms with Crippen LogP contribution in [-0.2, 0) is 0 Å². The van der Waals surface area contributed by atoms with E-state index in [1.165, 1.54) is 6.07 Å². The topological polar surface area (TPSA) is 37.3 Å². The highest BCUT2D eigenvalue weighted by Crippen LogP contribution is 2.33. The van der Waals surface area contributed by atoms with Crippen molar-refractivity contribution in [2.24, 2.45) is 0 Å². The number of aryl methyl sites for hydroxylation is 1. The predicted molar refractivity (Wildman–Crippen MR) is 73.6 cm³/mol. The van der Waals surface area contributed by atoms with Crippen LogP contribution in [0.1, 0.15) is 15.9 Å². The number of rotatable bonds is 2. The Kier molecular flexibility index (Phi) is 3.60. The molecule has 2 nitrogen and oxygen atoms in total. The van der Waals surface area contributed by atoms with Gasteiger partial charge >= 0.3 is 5.97 Å².